The van der Waals surface area contributed by atoms with E-state index in [0.29, 0.717) is 39.6 Å². The Morgan fingerprint density at radius 3 is 0.583 bits per heavy atom. The molecule has 6 heteroatoms. The van der Waals surface area contributed by atoms with E-state index < -0.39 is 10.8 Å². The van der Waals surface area contributed by atoms with Crippen LogP contribution in [0.1, 0.15) is 199 Å². The van der Waals surface area contributed by atoms with E-state index in [9.17, 15) is 0 Å². The van der Waals surface area contributed by atoms with Crippen LogP contribution in [0.2, 0.25) is 0 Å². The molecule has 0 spiro atoms. The summed E-state index contributed by atoms with van der Waals surface area (Å²) >= 11 is 0. The normalized spacial score (nSPS) is 20.3. The van der Waals surface area contributed by atoms with Gasteiger partial charge in [-0.15, -0.1) is 0 Å². The molecular weight excluding hydrogens is 1030 g/mol. The van der Waals surface area contributed by atoms with Crippen LogP contribution in [0.15, 0.2) is 170 Å². The van der Waals surface area contributed by atoms with Gasteiger partial charge in [-0.2, -0.15) is 0 Å². The van der Waals surface area contributed by atoms with Gasteiger partial charge in [0, 0.05) is 11.1 Å². The Labute approximate surface area is 503 Å². The summed E-state index contributed by atoms with van der Waals surface area (Å²) in [7, 11) is 0. The SMILES string of the molecule is C1#CC23c4cccc(c4)OCCCCCCCCCCOc4cccc(c4)C(C#Cc4ccc1cc4)(c1cccc(c1)OCCCCCCCCCCOc1cccc2c1)c1cccc(c1)OCCCCCCCCCCOc1cccc3c1. The highest BCUT2D eigenvalue weighted by molar-refractivity contribution is 5.64. The zero-order valence-electron chi connectivity index (χ0n) is 49.8. The Morgan fingerprint density at radius 1 is 0.214 bits per heavy atom. The van der Waals surface area contributed by atoms with Gasteiger partial charge in [-0.25, -0.2) is 0 Å². The van der Waals surface area contributed by atoms with Crippen LogP contribution in [0.3, 0.4) is 0 Å². The maximum Gasteiger partial charge on any atom is 0.119 e. The second kappa shape index (κ2) is 31.9. The molecule has 0 N–H and O–H groups in total. The molecule has 0 aromatic heterocycles. The molecule has 0 amide bonds. The Bertz CT molecular complexity index is 2760. The van der Waals surface area contributed by atoms with Gasteiger partial charge in [0.2, 0.25) is 0 Å². The molecule has 0 fully saturated rings. The lowest BCUT2D eigenvalue weighted by molar-refractivity contribution is 0.299. The highest BCUT2D eigenvalue weighted by Gasteiger charge is 2.38. The fourth-order valence-electron chi connectivity index (χ4n) is 12.3. The first-order valence-corrected chi connectivity index (χ1v) is 32.2. The number of fused-ring (bicyclic) bond motifs is 33. The number of rotatable bonds is 0. The van der Waals surface area contributed by atoms with Gasteiger partial charge >= 0.3 is 0 Å². The summed E-state index contributed by atoms with van der Waals surface area (Å²) in [4.78, 5) is 0. The first kappa shape index (κ1) is 59.6. The van der Waals surface area contributed by atoms with Gasteiger partial charge < -0.3 is 28.4 Å². The van der Waals surface area contributed by atoms with Crippen LogP contribution in [-0.2, 0) is 10.8 Å². The Hall–Kier alpha value is -7.54. The highest BCUT2D eigenvalue weighted by atomic mass is 16.5. The summed E-state index contributed by atoms with van der Waals surface area (Å²) in [6.45, 7) is 3.95. The van der Waals surface area contributed by atoms with Gasteiger partial charge in [0.15, 0.2) is 0 Å². The zero-order chi connectivity index (χ0) is 57.2. The van der Waals surface area contributed by atoms with Gasteiger partial charge in [-0.3, -0.25) is 0 Å². The van der Waals surface area contributed by atoms with Crippen molar-refractivity contribution in [2.75, 3.05) is 39.6 Å². The van der Waals surface area contributed by atoms with E-state index in [2.05, 4.69) is 194 Å². The van der Waals surface area contributed by atoms with Crippen molar-refractivity contribution in [1.29, 1.82) is 0 Å². The van der Waals surface area contributed by atoms with Crippen molar-refractivity contribution in [3.05, 3.63) is 214 Å². The minimum atomic E-state index is -0.960. The second-order valence-corrected chi connectivity index (χ2v) is 23.3. The molecule has 0 aliphatic carbocycles. The molecule has 7 aromatic carbocycles. The van der Waals surface area contributed by atoms with Gasteiger partial charge in [-0.1, -0.05) is 212 Å². The minimum Gasteiger partial charge on any atom is -0.494 e. The number of ether oxygens (including phenoxy) is 6. The van der Waals surface area contributed by atoms with E-state index in [-0.39, 0.29) is 0 Å². The molecule has 16 bridgehead atoms. The molecule has 0 atom stereocenters. The predicted molar refractivity (Wildman–Crippen MR) is 342 cm³/mol. The molecule has 84 heavy (non-hydrogen) atoms. The van der Waals surface area contributed by atoms with Crippen LogP contribution in [-0.4, -0.2) is 39.6 Å². The standard InChI is InChI=1S/C78H88O6/c1-2-8-14-20-52-80-72-38-26-32-66(58-72)78-50-48-64-45-43-63(44-46-64)47-49-77(65-31-25-37-71(57-65)79-51-19-13-7-1,67-33-27-39-73(59-67)81-53-21-15-9-3-5-11-17-23-55-83-75-41-29-35-69(78)61-75)68-34-28-40-74(60-68)82-54-22-16-10-4-6-12-18-24-56-84-76-42-30-36-70(78)62-76/h25-46,57-62H,1-24,51-56H2. The second-order valence-electron chi connectivity index (χ2n) is 23.3. The third kappa shape index (κ3) is 16.6. The lowest BCUT2D eigenvalue weighted by Crippen LogP contribution is -2.28. The fraction of sp³-hybridized carbons (Fsp3) is 0.410. The monoisotopic (exact) mass is 1120 g/mol. The van der Waals surface area contributed by atoms with Crippen LogP contribution in [0.4, 0.5) is 0 Å². The van der Waals surface area contributed by atoms with Gasteiger partial charge in [0.05, 0.1) is 39.6 Å². The topological polar surface area (TPSA) is 55.4 Å². The van der Waals surface area contributed by atoms with Crippen molar-refractivity contribution in [3.63, 3.8) is 0 Å². The van der Waals surface area contributed by atoms with E-state index >= 15 is 0 Å². The Kier molecular flexibility index (Phi) is 22.7. The van der Waals surface area contributed by atoms with E-state index in [4.69, 9.17) is 28.4 Å². The van der Waals surface area contributed by atoms with Gasteiger partial charge in [0.1, 0.15) is 45.3 Å². The molecule has 0 unspecified atom stereocenters. The highest BCUT2D eigenvalue weighted by Crippen LogP contribution is 2.45. The first-order valence-electron chi connectivity index (χ1n) is 32.2. The van der Waals surface area contributed by atoms with Crippen LogP contribution in [0.5, 0.6) is 34.5 Å². The smallest absolute Gasteiger partial charge is 0.119 e. The third-order valence-electron chi connectivity index (χ3n) is 17.0. The number of benzene rings is 7. The summed E-state index contributed by atoms with van der Waals surface area (Å²) in [5, 5.41) is 0. The van der Waals surface area contributed by atoms with Crippen molar-refractivity contribution in [3.8, 4) is 58.2 Å². The third-order valence-corrected chi connectivity index (χ3v) is 17.0. The van der Waals surface area contributed by atoms with Crippen LogP contribution < -0.4 is 28.4 Å². The summed E-state index contributed by atoms with van der Waals surface area (Å²) in [6, 6.07) is 60.3. The molecule has 6 aliphatic rings. The molecule has 6 heterocycles. The number of hydrogen-bond acceptors (Lipinski definition) is 6. The van der Waals surface area contributed by atoms with Crippen molar-refractivity contribution in [1.82, 2.24) is 0 Å². The minimum absolute atomic E-state index is 0.658. The van der Waals surface area contributed by atoms with Crippen LogP contribution in [0.25, 0.3) is 0 Å². The van der Waals surface area contributed by atoms with Crippen molar-refractivity contribution < 1.29 is 28.4 Å². The summed E-state index contributed by atoms with van der Waals surface area (Å²) in [5.74, 6) is 20.5. The lowest BCUT2D eigenvalue weighted by Gasteiger charge is -2.32. The molecular formula is C78H88O6. The zero-order valence-corrected chi connectivity index (χ0v) is 49.8. The van der Waals surface area contributed by atoms with Crippen LogP contribution in [0, 0.1) is 23.7 Å². The van der Waals surface area contributed by atoms with Crippen molar-refractivity contribution in [2.45, 2.75) is 165 Å². The van der Waals surface area contributed by atoms with E-state index in [1.165, 1.54) is 77.0 Å². The first-order chi connectivity index (χ1) is 41.6. The molecule has 436 valence electrons. The summed E-state index contributed by atoms with van der Waals surface area (Å²) < 4.78 is 39.9. The van der Waals surface area contributed by atoms with Crippen molar-refractivity contribution >= 4 is 0 Å². The Morgan fingerprint density at radius 2 is 0.393 bits per heavy atom. The Balaban J connectivity index is 1.17. The lowest BCUT2D eigenvalue weighted by atomic mass is 9.69. The molecule has 0 saturated carbocycles. The molecule has 6 nitrogen and oxygen atoms in total. The average Bonchev–Trinajstić information content (AvgIpc) is 1.77. The molecule has 0 radical (unpaired) electrons. The van der Waals surface area contributed by atoms with E-state index in [0.717, 1.165) is 156 Å². The van der Waals surface area contributed by atoms with Gasteiger partial charge in [0.25, 0.3) is 0 Å². The fourth-order valence-corrected chi connectivity index (χ4v) is 12.3. The predicted octanol–water partition coefficient (Wildman–Crippen LogP) is 19.1. The summed E-state index contributed by atoms with van der Waals surface area (Å²) in [6.07, 6.45) is 27.3. The van der Waals surface area contributed by atoms with Crippen LogP contribution >= 0.6 is 0 Å². The average molecular weight is 1120 g/mol. The largest absolute Gasteiger partial charge is 0.494 e. The maximum absolute atomic E-state index is 6.65. The molecule has 0 saturated heterocycles. The molecule has 7 aromatic rings. The molecule has 13 rings (SSSR count). The number of hydrogen-bond donors (Lipinski definition) is 0. The van der Waals surface area contributed by atoms with E-state index in [1.54, 1.807) is 0 Å². The van der Waals surface area contributed by atoms with Crippen molar-refractivity contribution in [2.24, 2.45) is 0 Å². The summed E-state index contributed by atoms with van der Waals surface area (Å²) in [5.41, 5.74) is 5.95. The van der Waals surface area contributed by atoms with Gasteiger partial charge in [-0.05, 0) is 169 Å². The van der Waals surface area contributed by atoms with E-state index in [1.807, 2.05) is 0 Å². The quantitative estimate of drug-likeness (QED) is 0.141. The molecule has 6 aliphatic heterocycles. The maximum atomic E-state index is 6.65.